The molecule has 2 aromatic rings. The molecule has 0 fully saturated rings. The molecule has 0 N–H and O–H groups in total. The van der Waals surface area contributed by atoms with Gasteiger partial charge in [0.15, 0.2) is 11.6 Å². The van der Waals surface area contributed by atoms with Crippen LogP contribution in [0.5, 0.6) is 11.6 Å². The second kappa shape index (κ2) is 9.16. The number of pyridine rings is 1. The van der Waals surface area contributed by atoms with Gasteiger partial charge in [0, 0.05) is 18.2 Å². The molecule has 4 heteroatoms. The lowest BCUT2D eigenvalue weighted by molar-refractivity contribution is 0.0987. The van der Waals surface area contributed by atoms with Crippen molar-refractivity contribution in [1.82, 2.24) is 4.98 Å². The minimum atomic E-state index is -0.627. The molecule has 0 saturated carbocycles. The first kappa shape index (κ1) is 18.1. The van der Waals surface area contributed by atoms with Gasteiger partial charge >= 0.3 is 0 Å². The Kier molecular flexibility index (Phi) is 6.91. The molecule has 3 nitrogen and oxygen atoms in total. The van der Waals surface area contributed by atoms with Gasteiger partial charge in [-0.1, -0.05) is 45.2 Å². The summed E-state index contributed by atoms with van der Waals surface area (Å²) in [6, 6.07) is 8.81. The van der Waals surface area contributed by atoms with E-state index in [9.17, 15) is 9.18 Å². The third-order valence-corrected chi connectivity index (χ3v) is 3.91. The van der Waals surface area contributed by atoms with E-state index in [2.05, 4.69) is 11.9 Å². The molecule has 1 aromatic carbocycles. The maximum atomic E-state index is 14.0. The van der Waals surface area contributed by atoms with Crippen molar-refractivity contribution in [1.29, 1.82) is 0 Å². The number of hydrogen-bond acceptors (Lipinski definition) is 3. The molecule has 128 valence electrons. The number of hydrogen-bond donors (Lipinski definition) is 0. The molecule has 0 amide bonds. The van der Waals surface area contributed by atoms with Crippen LogP contribution in [0.15, 0.2) is 36.5 Å². The Bertz CT molecular complexity index is 668. The van der Waals surface area contributed by atoms with Crippen molar-refractivity contribution >= 4 is 5.78 Å². The third-order valence-electron chi connectivity index (χ3n) is 3.91. The molecule has 24 heavy (non-hydrogen) atoms. The number of ketones is 1. The van der Waals surface area contributed by atoms with Crippen LogP contribution in [-0.2, 0) is 6.42 Å². The van der Waals surface area contributed by atoms with Crippen LogP contribution in [0.2, 0.25) is 0 Å². The highest BCUT2D eigenvalue weighted by Gasteiger charge is 2.11. The molecule has 1 aromatic heterocycles. The zero-order valence-corrected chi connectivity index (χ0v) is 14.3. The highest BCUT2D eigenvalue weighted by Crippen LogP contribution is 2.24. The topological polar surface area (TPSA) is 39.2 Å². The Labute approximate surface area is 142 Å². The number of Topliss-reactive ketones (excluding diaryl/α,β-unsaturated/α-hetero) is 1. The Morgan fingerprint density at radius 1 is 1.12 bits per heavy atom. The number of nitrogens with zero attached hydrogens (tertiary/aromatic N) is 1. The van der Waals surface area contributed by atoms with E-state index >= 15 is 0 Å². The number of carbonyl (C=O) groups excluding carboxylic acids is 1. The third kappa shape index (κ3) is 5.15. The van der Waals surface area contributed by atoms with Gasteiger partial charge in [-0.2, -0.15) is 0 Å². The fraction of sp³-hybridized carbons (Fsp3) is 0.400. The van der Waals surface area contributed by atoms with Crippen LogP contribution in [0.4, 0.5) is 4.39 Å². The van der Waals surface area contributed by atoms with Crippen LogP contribution in [0.1, 0.15) is 61.9 Å². The standard InChI is InChI=1S/C20H24FNO2/c1-3-5-6-7-8-15-9-11-17(12-10-15)24-20-18(21)13-16(14-22-20)19(23)4-2/h9-14H,3-8H2,1-2H3. The van der Waals surface area contributed by atoms with Gasteiger partial charge in [0.2, 0.25) is 0 Å². The van der Waals surface area contributed by atoms with E-state index in [1.54, 1.807) is 6.92 Å². The van der Waals surface area contributed by atoms with Gasteiger partial charge < -0.3 is 4.74 Å². The molecule has 0 spiro atoms. The summed E-state index contributed by atoms with van der Waals surface area (Å²) in [7, 11) is 0. The smallest absolute Gasteiger partial charge is 0.255 e. The van der Waals surface area contributed by atoms with Gasteiger partial charge in [-0.25, -0.2) is 9.37 Å². The van der Waals surface area contributed by atoms with E-state index in [-0.39, 0.29) is 17.2 Å². The van der Waals surface area contributed by atoms with Crippen molar-refractivity contribution in [3.05, 3.63) is 53.5 Å². The summed E-state index contributed by atoms with van der Waals surface area (Å²) in [5.41, 5.74) is 1.51. The van der Waals surface area contributed by atoms with Crippen molar-refractivity contribution in [3.8, 4) is 11.6 Å². The lowest BCUT2D eigenvalue weighted by Crippen LogP contribution is -2.00. The van der Waals surface area contributed by atoms with E-state index in [1.165, 1.54) is 43.5 Å². The van der Waals surface area contributed by atoms with Crippen LogP contribution < -0.4 is 4.74 Å². The van der Waals surface area contributed by atoms with Crippen LogP contribution in [-0.4, -0.2) is 10.8 Å². The van der Waals surface area contributed by atoms with Gasteiger partial charge in [-0.15, -0.1) is 0 Å². The van der Waals surface area contributed by atoms with E-state index in [4.69, 9.17) is 4.74 Å². The van der Waals surface area contributed by atoms with Crippen LogP contribution in [0.3, 0.4) is 0 Å². The largest absolute Gasteiger partial charge is 0.436 e. The zero-order valence-electron chi connectivity index (χ0n) is 14.3. The van der Waals surface area contributed by atoms with Crippen LogP contribution in [0.25, 0.3) is 0 Å². The molecular formula is C20H24FNO2. The monoisotopic (exact) mass is 329 g/mol. The minimum absolute atomic E-state index is 0.113. The lowest BCUT2D eigenvalue weighted by Gasteiger charge is -2.08. The van der Waals surface area contributed by atoms with Gasteiger partial charge in [-0.3, -0.25) is 4.79 Å². The van der Waals surface area contributed by atoms with Crippen LogP contribution >= 0.6 is 0 Å². The summed E-state index contributed by atoms with van der Waals surface area (Å²) in [6.07, 6.45) is 7.63. The van der Waals surface area contributed by atoms with E-state index in [1.807, 2.05) is 24.3 Å². The second-order valence-corrected chi connectivity index (χ2v) is 5.84. The number of carbonyl (C=O) groups is 1. The summed E-state index contributed by atoms with van der Waals surface area (Å²) in [5.74, 6) is -0.343. The number of aromatic nitrogens is 1. The summed E-state index contributed by atoms with van der Waals surface area (Å²) in [4.78, 5) is 15.5. The van der Waals surface area contributed by atoms with Crippen molar-refractivity contribution in [3.63, 3.8) is 0 Å². The molecule has 0 bridgehead atoms. The van der Waals surface area contributed by atoms with Gasteiger partial charge in [-0.05, 0) is 36.6 Å². The Balaban J connectivity index is 1.97. The Morgan fingerprint density at radius 2 is 1.88 bits per heavy atom. The maximum Gasteiger partial charge on any atom is 0.255 e. The Hall–Kier alpha value is -2.23. The van der Waals surface area contributed by atoms with E-state index < -0.39 is 5.82 Å². The van der Waals surface area contributed by atoms with Gasteiger partial charge in [0.1, 0.15) is 5.75 Å². The molecule has 0 aliphatic rings. The van der Waals surface area contributed by atoms with Crippen LogP contribution in [0, 0.1) is 5.82 Å². The number of halogens is 1. The van der Waals surface area contributed by atoms with E-state index in [0.29, 0.717) is 12.2 Å². The van der Waals surface area contributed by atoms with Crippen molar-refractivity contribution in [2.24, 2.45) is 0 Å². The van der Waals surface area contributed by atoms with E-state index in [0.717, 1.165) is 6.42 Å². The molecule has 0 radical (unpaired) electrons. The van der Waals surface area contributed by atoms with Crippen molar-refractivity contribution in [2.45, 2.75) is 52.4 Å². The highest BCUT2D eigenvalue weighted by molar-refractivity contribution is 5.95. The number of unbranched alkanes of at least 4 members (excludes halogenated alkanes) is 3. The van der Waals surface area contributed by atoms with Gasteiger partial charge in [0.25, 0.3) is 5.88 Å². The first-order valence-electron chi connectivity index (χ1n) is 8.59. The molecular weight excluding hydrogens is 305 g/mol. The number of rotatable bonds is 9. The fourth-order valence-corrected chi connectivity index (χ4v) is 2.45. The molecule has 2 rings (SSSR count). The molecule has 0 aliphatic carbocycles. The zero-order chi connectivity index (χ0) is 17.4. The average molecular weight is 329 g/mol. The summed E-state index contributed by atoms with van der Waals surface area (Å²) in [6.45, 7) is 3.93. The summed E-state index contributed by atoms with van der Waals surface area (Å²) >= 11 is 0. The van der Waals surface area contributed by atoms with Crippen molar-refractivity contribution < 1.29 is 13.9 Å². The number of benzene rings is 1. The van der Waals surface area contributed by atoms with Crippen molar-refractivity contribution in [2.75, 3.05) is 0 Å². The molecule has 0 unspecified atom stereocenters. The quantitative estimate of drug-likeness (QED) is 0.436. The second-order valence-electron chi connectivity index (χ2n) is 5.84. The molecule has 0 aliphatic heterocycles. The highest BCUT2D eigenvalue weighted by atomic mass is 19.1. The average Bonchev–Trinajstić information content (AvgIpc) is 2.61. The molecule has 0 atom stereocenters. The van der Waals surface area contributed by atoms with Gasteiger partial charge in [0.05, 0.1) is 0 Å². The predicted molar refractivity (Wildman–Crippen MR) is 93.2 cm³/mol. The maximum absolute atomic E-state index is 14.0. The summed E-state index contributed by atoms with van der Waals surface area (Å²) in [5, 5.41) is 0. The number of aryl methyl sites for hydroxylation is 1. The predicted octanol–water partition coefficient (Wildman–Crippen LogP) is 5.73. The minimum Gasteiger partial charge on any atom is -0.436 e. The fourth-order valence-electron chi connectivity index (χ4n) is 2.45. The summed E-state index contributed by atoms with van der Waals surface area (Å²) < 4.78 is 19.5. The molecule has 0 saturated heterocycles. The molecule has 1 heterocycles. The SMILES string of the molecule is CCCCCCc1ccc(Oc2ncc(C(=O)CC)cc2F)cc1. The lowest BCUT2D eigenvalue weighted by atomic mass is 10.1. The normalized spacial score (nSPS) is 10.6. The first-order valence-corrected chi connectivity index (χ1v) is 8.59. The first-order chi connectivity index (χ1) is 11.6. The Morgan fingerprint density at radius 3 is 2.50 bits per heavy atom. The number of ether oxygens (including phenoxy) is 1.